The van der Waals surface area contributed by atoms with E-state index in [1.165, 1.54) is 19.2 Å². The van der Waals surface area contributed by atoms with Crippen LogP contribution in [0.15, 0.2) is 36.2 Å². The molecular weight excluding hydrogens is 418 g/mol. The minimum absolute atomic E-state index is 0.0540. The summed E-state index contributed by atoms with van der Waals surface area (Å²) in [5.41, 5.74) is -0.200. The molecule has 0 saturated carbocycles. The zero-order valence-corrected chi connectivity index (χ0v) is 17.8. The predicted molar refractivity (Wildman–Crippen MR) is 108 cm³/mol. The maximum Gasteiger partial charge on any atom is 0.324 e. The first-order valence-corrected chi connectivity index (χ1v) is 11.2. The Labute approximate surface area is 174 Å². The Morgan fingerprint density at radius 3 is 2.47 bits per heavy atom. The van der Waals surface area contributed by atoms with Crippen LogP contribution < -0.4 is 4.74 Å². The fourth-order valence-corrected chi connectivity index (χ4v) is 4.05. The lowest BCUT2D eigenvalue weighted by atomic mass is 9.87. The average Bonchev–Trinajstić information content (AvgIpc) is 2.66. The lowest BCUT2D eigenvalue weighted by Gasteiger charge is -2.23. The Kier molecular flexibility index (Phi) is 7.18. The third-order valence-corrected chi connectivity index (χ3v) is 7.43. The number of benzene rings is 1. The number of ether oxygens (including phenoxy) is 1. The molecule has 0 saturated heterocycles. The molecular formula is C21H24F2O6S. The number of halogens is 2. The molecule has 0 spiro atoms. The fourth-order valence-electron chi connectivity index (χ4n) is 3.22. The zero-order valence-electron chi connectivity index (χ0n) is 16.9. The second-order valence-corrected chi connectivity index (χ2v) is 9.93. The van der Waals surface area contributed by atoms with Crippen LogP contribution in [0.2, 0.25) is 0 Å². The van der Waals surface area contributed by atoms with Gasteiger partial charge in [-0.15, -0.1) is 0 Å². The summed E-state index contributed by atoms with van der Waals surface area (Å²) < 4.78 is 55.3. The number of hydrogen-bond donors (Lipinski definition) is 1. The van der Waals surface area contributed by atoms with Crippen LogP contribution in [0.1, 0.15) is 38.2 Å². The molecule has 9 heteroatoms. The molecule has 1 aliphatic carbocycles. The molecule has 0 fully saturated rings. The lowest BCUT2D eigenvalue weighted by molar-refractivity contribution is -0.139. The van der Waals surface area contributed by atoms with E-state index in [-0.39, 0.29) is 36.1 Å². The van der Waals surface area contributed by atoms with Gasteiger partial charge in [-0.1, -0.05) is 12.8 Å². The van der Waals surface area contributed by atoms with E-state index in [0.717, 1.165) is 31.4 Å². The monoisotopic (exact) mass is 442 g/mol. The minimum atomic E-state index is -3.83. The molecule has 1 aliphatic rings. The van der Waals surface area contributed by atoms with Gasteiger partial charge in [0.2, 0.25) is 0 Å². The van der Waals surface area contributed by atoms with Gasteiger partial charge in [-0.05, 0) is 44.1 Å². The zero-order chi connectivity index (χ0) is 22.7. The third-order valence-electron chi connectivity index (χ3n) is 5.41. The topological polar surface area (TPSA) is 97.7 Å². The number of allylic oxidation sites excluding steroid dienone is 4. The normalized spacial score (nSPS) is 19.0. The Hall–Kier alpha value is -2.55. The van der Waals surface area contributed by atoms with Gasteiger partial charge in [0.25, 0.3) is 0 Å². The van der Waals surface area contributed by atoms with Gasteiger partial charge in [0.05, 0.1) is 7.11 Å². The van der Waals surface area contributed by atoms with E-state index >= 15 is 0 Å². The average molecular weight is 442 g/mol. The highest BCUT2D eigenvalue weighted by Crippen LogP contribution is 2.34. The molecule has 0 amide bonds. The molecule has 164 valence electrons. The number of carboxylic acids is 1. The summed E-state index contributed by atoms with van der Waals surface area (Å²) in [6, 6.07) is 3.89. The standard InChI is InChI=1S/C21H24F2O6S/c1-21(20(25)26,30(3,27)28)9-5-4-6-13-10-17(22)16(12-19(13)24)15-8-7-14(29-2)11-18(15)23/h7-8,10-13H,4-6,9H2,1-3H3,(H,25,26)/t13?,21-/m1/s1. The SMILES string of the molecule is COc1ccc(C2=CC(=O)C(CCCC[C@](C)(C(=O)O)S(C)(=O)=O)C=C2F)c(F)c1. The quantitative estimate of drug-likeness (QED) is 0.586. The molecule has 1 aromatic carbocycles. The molecule has 1 N–H and O–H groups in total. The van der Waals surface area contributed by atoms with Crippen LogP contribution in [0.4, 0.5) is 8.78 Å². The Morgan fingerprint density at radius 2 is 1.93 bits per heavy atom. The van der Waals surface area contributed by atoms with Crippen LogP contribution >= 0.6 is 0 Å². The van der Waals surface area contributed by atoms with Crippen LogP contribution in [0.25, 0.3) is 5.57 Å². The summed E-state index contributed by atoms with van der Waals surface area (Å²) in [5, 5.41) is 9.25. The van der Waals surface area contributed by atoms with Gasteiger partial charge in [-0.25, -0.2) is 17.2 Å². The van der Waals surface area contributed by atoms with Crippen molar-refractivity contribution in [2.45, 2.75) is 37.4 Å². The smallest absolute Gasteiger partial charge is 0.324 e. The van der Waals surface area contributed by atoms with Gasteiger partial charge in [-0.3, -0.25) is 9.59 Å². The Bertz CT molecular complexity index is 1010. The number of rotatable bonds is 9. The molecule has 0 heterocycles. The summed E-state index contributed by atoms with van der Waals surface area (Å²) >= 11 is 0. The first-order valence-electron chi connectivity index (χ1n) is 9.31. The van der Waals surface area contributed by atoms with Crippen molar-refractivity contribution < 1.29 is 36.6 Å². The molecule has 2 atom stereocenters. The molecule has 0 aromatic heterocycles. The summed E-state index contributed by atoms with van der Waals surface area (Å²) in [7, 11) is -2.46. The largest absolute Gasteiger partial charge is 0.497 e. The van der Waals surface area contributed by atoms with Crippen LogP contribution in [-0.4, -0.2) is 43.4 Å². The van der Waals surface area contributed by atoms with E-state index < -0.39 is 43.9 Å². The van der Waals surface area contributed by atoms with Crippen LogP contribution in [0, 0.1) is 11.7 Å². The molecule has 0 bridgehead atoms. The van der Waals surface area contributed by atoms with Gasteiger partial charge in [0.15, 0.2) is 20.4 Å². The molecule has 0 aliphatic heterocycles. The summed E-state index contributed by atoms with van der Waals surface area (Å²) in [6.07, 6.45) is 3.72. The minimum Gasteiger partial charge on any atom is -0.497 e. The second kappa shape index (κ2) is 9.07. The van der Waals surface area contributed by atoms with Crippen molar-refractivity contribution in [3.05, 3.63) is 47.6 Å². The van der Waals surface area contributed by atoms with Crippen LogP contribution in [0.5, 0.6) is 5.75 Å². The number of methoxy groups -OCH3 is 1. The lowest BCUT2D eigenvalue weighted by Crippen LogP contribution is -2.42. The van der Waals surface area contributed by atoms with Crippen LogP contribution in [0.3, 0.4) is 0 Å². The van der Waals surface area contributed by atoms with Crippen molar-refractivity contribution in [1.29, 1.82) is 0 Å². The van der Waals surface area contributed by atoms with Crippen molar-refractivity contribution in [2.75, 3.05) is 13.4 Å². The molecule has 0 radical (unpaired) electrons. The number of sulfone groups is 1. The molecule has 6 nitrogen and oxygen atoms in total. The summed E-state index contributed by atoms with van der Waals surface area (Å²) in [4.78, 5) is 23.8. The van der Waals surface area contributed by atoms with Crippen LogP contribution in [-0.2, 0) is 19.4 Å². The highest BCUT2D eigenvalue weighted by atomic mass is 32.2. The summed E-state index contributed by atoms with van der Waals surface area (Å²) in [5.74, 6) is -3.78. The molecule has 1 aromatic rings. The van der Waals surface area contributed by atoms with Crippen molar-refractivity contribution in [3.8, 4) is 5.75 Å². The van der Waals surface area contributed by atoms with Gasteiger partial charge >= 0.3 is 5.97 Å². The number of carboxylic acid groups (broad SMARTS) is 1. The van der Waals surface area contributed by atoms with Gasteiger partial charge < -0.3 is 9.84 Å². The number of hydrogen-bond acceptors (Lipinski definition) is 5. The maximum atomic E-state index is 14.6. The summed E-state index contributed by atoms with van der Waals surface area (Å²) in [6.45, 7) is 1.15. The Morgan fingerprint density at radius 1 is 1.27 bits per heavy atom. The number of carbonyl (C=O) groups excluding carboxylic acids is 1. The van der Waals surface area contributed by atoms with Crippen molar-refractivity contribution in [1.82, 2.24) is 0 Å². The van der Waals surface area contributed by atoms with E-state index in [2.05, 4.69) is 0 Å². The third kappa shape index (κ3) is 4.95. The van der Waals surface area contributed by atoms with E-state index in [0.29, 0.717) is 6.42 Å². The van der Waals surface area contributed by atoms with Crippen molar-refractivity contribution >= 4 is 27.2 Å². The highest BCUT2D eigenvalue weighted by molar-refractivity contribution is 7.92. The predicted octanol–water partition coefficient (Wildman–Crippen LogP) is 3.72. The van der Waals surface area contributed by atoms with Gasteiger partial charge in [0, 0.05) is 29.4 Å². The number of aliphatic carboxylic acids is 1. The maximum absolute atomic E-state index is 14.6. The molecule has 2 rings (SSSR count). The number of ketones is 1. The Balaban J connectivity index is 2.05. The highest BCUT2D eigenvalue weighted by Gasteiger charge is 2.43. The van der Waals surface area contributed by atoms with E-state index in [9.17, 15) is 31.9 Å². The molecule has 1 unspecified atom stereocenters. The molecule has 30 heavy (non-hydrogen) atoms. The van der Waals surface area contributed by atoms with Crippen molar-refractivity contribution in [2.24, 2.45) is 5.92 Å². The van der Waals surface area contributed by atoms with Gasteiger partial charge in [0.1, 0.15) is 17.4 Å². The first kappa shape index (κ1) is 23.7. The van der Waals surface area contributed by atoms with E-state index in [1.807, 2.05) is 0 Å². The fraction of sp³-hybridized carbons (Fsp3) is 0.429. The second-order valence-electron chi connectivity index (χ2n) is 7.48. The van der Waals surface area contributed by atoms with Gasteiger partial charge in [-0.2, -0.15) is 0 Å². The van der Waals surface area contributed by atoms with E-state index in [4.69, 9.17) is 4.74 Å². The number of unbranched alkanes of at least 4 members (excludes halogenated alkanes) is 1. The van der Waals surface area contributed by atoms with E-state index in [1.54, 1.807) is 0 Å². The first-order chi connectivity index (χ1) is 13.9. The number of carbonyl (C=O) groups is 2. The van der Waals surface area contributed by atoms with Crippen molar-refractivity contribution in [3.63, 3.8) is 0 Å².